The summed E-state index contributed by atoms with van der Waals surface area (Å²) in [7, 11) is 0. The van der Waals surface area contributed by atoms with Crippen LogP contribution in [-0.2, 0) is 0 Å². The molecule has 0 aliphatic heterocycles. The Balaban J connectivity index is 3.15. The van der Waals surface area contributed by atoms with Gasteiger partial charge in [-0.1, -0.05) is 0 Å². The Labute approximate surface area is 59.8 Å². The summed E-state index contributed by atoms with van der Waals surface area (Å²) in [6.07, 6.45) is 2.05. The van der Waals surface area contributed by atoms with Gasteiger partial charge in [-0.05, 0) is 10.1 Å². The normalized spacial score (nSPS) is 8.73. The molecule has 8 heteroatoms. The van der Waals surface area contributed by atoms with Crippen LogP contribution in [0.3, 0.4) is 0 Å². The summed E-state index contributed by atoms with van der Waals surface area (Å²) in [6.45, 7) is 0. The van der Waals surface area contributed by atoms with Crippen LogP contribution in [0.4, 0.5) is 5.82 Å². The predicted molar refractivity (Wildman–Crippen MR) is 33.4 cm³/mol. The van der Waals surface area contributed by atoms with Gasteiger partial charge in [0.2, 0.25) is 0 Å². The van der Waals surface area contributed by atoms with Gasteiger partial charge in [0.1, 0.15) is 6.20 Å². The predicted octanol–water partition coefficient (Wildman–Crippen LogP) is 0.865. The van der Waals surface area contributed by atoms with Gasteiger partial charge in [-0.25, -0.2) is 4.98 Å². The van der Waals surface area contributed by atoms with E-state index in [-0.39, 0.29) is 5.82 Å². The van der Waals surface area contributed by atoms with Crippen LogP contribution in [0.25, 0.3) is 10.4 Å². The number of hydrogen-bond acceptors (Lipinski definition) is 4. The van der Waals surface area contributed by atoms with Gasteiger partial charge in [-0.15, -0.1) is 10.2 Å². The maximum atomic E-state index is 10.1. The van der Waals surface area contributed by atoms with Gasteiger partial charge in [0, 0.05) is 0 Å². The molecule has 1 aromatic rings. The molecule has 0 aliphatic carbocycles. The summed E-state index contributed by atoms with van der Waals surface area (Å²) < 4.78 is 0.736. The van der Waals surface area contributed by atoms with Crippen molar-refractivity contribution in [1.29, 1.82) is 0 Å². The van der Waals surface area contributed by atoms with E-state index < -0.39 is 4.92 Å². The molecule has 56 valence electrons. The molecule has 0 N–H and O–H groups in total. The summed E-state index contributed by atoms with van der Waals surface area (Å²) in [5, 5.41) is 13.1. The zero-order valence-electron chi connectivity index (χ0n) is 5.15. The van der Waals surface area contributed by atoms with Gasteiger partial charge in [0.15, 0.2) is 6.33 Å². The van der Waals surface area contributed by atoms with E-state index in [0.717, 1.165) is 17.2 Å². The Hall–Kier alpha value is -2.08. The van der Waals surface area contributed by atoms with Gasteiger partial charge in [0.05, 0.1) is 0 Å². The molecule has 1 heterocycles. The summed E-state index contributed by atoms with van der Waals surface area (Å²) in [4.78, 5) is 15.2. The maximum Gasteiger partial charge on any atom is 0.353 e. The largest absolute Gasteiger partial charge is 0.358 e. The highest BCUT2D eigenvalue weighted by Crippen LogP contribution is 2.08. The van der Waals surface area contributed by atoms with Crippen molar-refractivity contribution < 1.29 is 4.92 Å². The molecule has 0 spiro atoms. The van der Waals surface area contributed by atoms with Crippen molar-refractivity contribution in [3.63, 3.8) is 0 Å². The lowest BCUT2D eigenvalue weighted by Gasteiger charge is -1.90. The minimum Gasteiger partial charge on any atom is -0.358 e. The summed E-state index contributed by atoms with van der Waals surface area (Å²) >= 11 is 0. The van der Waals surface area contributed by atoms with E-state index in [1.165, 1.54) is 0 Å². The first-order chi connectivity index (χ1) is 5.25. The van der Waals surface area contributed by atoms with Crippen molar-refractivity contribution >= 4 is 5.82 Å². The Morgan fingerprint density at radius 1 is 1.91 bits per heavy atom. The van der Waals surface area contributed by atoms with Crippen LogP contribution >= 0.6 is 0 Å². The standard InChI is InChI=1S/C3H2N6O2/c4-6-7-8-2-5-1-3(8)9(10)11/h1-2H. The molecule has 0 aromatic carbocycles. The van der Waals surface area contributed by atoms with Crippen molar-refractivity contribution in [3.05, 3.63) is 33.1 Å². The molecular formula is C3H2N6O2. The Morgan fingerprint density at radius 3 is 3.18 bits per heavy atom. The molecule has 0 saturated carbocycles. The van der Waals surface area contributed by atoms with Crippen molar-refractivity contribution in [2.45, 2.75) is 0 Å². The number of nitrogens with zero attached hydrogens (tertiary/aromatic N) is 6. The Bertz CT molecular complexity index is 306. The molecule has 0 bridgehead atoms. The maximum absolute atomic E-state index is 10.1. The molecule has 11 heavy (non-hydrogen) atoms. The van der Waals surface area contributed by atoms with Gasteiger partial charge in [-0.3, -0.25) is 0 Å². The Morgan fingerprint density at radius 2 is 2.64 bits per heavy atom. The van der Waals surface area contributed by atoms with E-state index in [1.807, 2.05) is 0 Å². The molecule has 1 rings (SSSR count). The number of imidazole rings is 1. The third-order valence-corrected chi connectivity index (χ3v) is 0.924. The van der Waals surface area contributed by atoms with Crippen LogP contribution in [0.5, 0.6) is 0 Å². The fraction of sp³-hybridized carbons (Fsp3) is 0. The van der Waals surface area contributed by atoms with Gasteiger partial charge in [0.25, 0.3) is 0 Å². The fourth-order valence-electron chi connectivity index (χ4n) is 0.524. The van der Waals surface area contributed by atoms with Crippen LogP contribution in [0.15, 0.2) is 17.7 Å². The van der Waals surface area contributed by atoms with Gasteiger partial charge >= 0.3 is 5.82 Å². The van der Waals surface area contributed by atoms with Crippen LogP contribution in [-0.4, -0.2) is 14.6 Å². The van der Waals surface area contributed by atoms with Gasteiger partial charge < -0.3 is 10.1 Å². The van der Waals surface area contributed by atoms with Crippen LogP contribution in [0.1, 0.15) is 0 Å². The van der Waals surface area contributed by atoms with E-state index in [9.17, 15) is 10.1 Å². The SMILES string of the molecule is [N-]=[N+]=Nn1cncc1[N+](=O)[O-]. The van der Waals surface area contributed by atoms with E-state index in [4.69, 9.17) is 5.53 Å². The second kappa shape index (κ2) is 2.67. The first kappa shape index (κ1) is 7.03. The van der Waals surface area contributed by atoms with Crippen molar-refractivity contribution in [1.82, 2.24) is 9.66 Å². The van der Waals surface area contributed by atoms with E-state index in [0.29, 0.717) is 0 Å². The topological polar surface area (TPSA) is 110 Å². The average Bonchev–Trinajstić information content (AvgIpc) is 2.36. The van der Waals surface area contributed by atoms with Gasteiger partial charge in [-0.2, -0.15) is 4.91 Å². The highest BCUT2D eigenvalue weighted by molar-refractivity contribution is 5.13. The number of azide groups is 1. The van der Waals surface area contributed by atoms with Crippen LogP contribution in [0, 0.1) is 10.1 Å². The molecule has 0 saturated heterocycles. The van der Waals surface area contributed by atoms with Crippen molar-refractivity contribution in [2.24, 2.45) is 5.22 Å². The van der Waals surface area contributed by atoms with Crippen LogP contribution in [0.2, 0.25) is 0 Å². The van der Waals surface area contributed by atoms with E-state index >= 15 is 0 Å². The summed E-state index contributed by atoms with van der Waals surface area (Å²) in [6, 6.07) is 0. The van der Waals surface area contributed by atoms with Crippen LogP contribution < -0.4 is 0 Å². The number of rotatable bonds is 2. The third kappa shape index (κ3) is 1.25. The minimum absolute atomic E-state index is 0.359. The molecule has 0 aliphatic rings. The van der Waals surface area contributed by atoms with E-state index in [2.05, 4.69) is 15.1 Å². The second-order valence-corrected chi connectivity index (χ2v) is 1.53. The zero-order valence-corrected chi connectivity index (χ0v) is 5.15. The first-order valence-corrected chi connectivity index (χ1v) is 2.48. The average molecular weight is 154 g/mol. The molecular weight excluding hydrogens is 152 g/mol. The highest BCUT2D eigenvalue weighted by atomic mass is 16.6. The van der Waals surface area contributed by atoms with Crippen molar-refractivity contribution in [2.75, 3.05) is 0 Å². The quantitative estimate of drug-likeness (QED) is 0.207. The lowest BCUT2D eigenvalue weighted by Crippen LogP contribution is -1.93. The second-order valence-electron chi connectivity index (χ2n) is 1.53. The molecule has 1 aromatic heterocycles. The Kier molecular flexibility index (Phi) is 1.71. The molecule has 0 amide bonds. The van der Waals surface area contributed by atoms with Crippen molar-refractivity contribution in [3.8, 4) is 0 Å². The molecule has 0 atom stereocenters. The molecule has 0 radical (unpaired) electrons. The number of aromatic nitrogens is 2. The lowest BCUT2D eigenvalue weighted by molar-refractivity contribution is -0.391. The summed E-state index contributed by atoms with van der Waals surface area (Å²) in [5.41, 5.74) is 7.93. The molecule has 0 fully saturated rings. The monoisotopic (exact) mass is 154 g/mol. The van der Waals surface area contributed by atoms with E-state index in [1.54, 1.807) is 0 Å². The highest BCUT2D eigenvalue weighted by Gasteiger charge is 2.09. The zero-order chi connectivity index (χ0) is 8.27. The minimum atomic E-state index is -0.693. The first-order valence-electron chi connectivity index (χ1n) is 2.48. The number of hydrogen-bond donors (Lipinski definition) is 0. The number of nitro groups is 1. The molecule has 0 unspecified atom stereocenters. The fourth-order valence-corrected chi connectivity index (χ4v) is 0.524. The smallest absolute Gasteiger partial charge is 0.353 e. The third-order valence-electron chi connectivity index (χ3n) is 0.924. The lowest BCUT2D eigenvalue weighted by atomic mass is 10.8. The molecule has 8 nitrogen and oxygen atoms in total. The summed E-state index contributed by atoms with van der Waals surface area (Å²) in [5.74, 6) is -0.359.